The summed E-state index contributed by atoms with van der Waals surface area (Å²) < 4.78 is 158. The van der Waals surface area contributed by atoms with E-state index in [1.54, 1.807) is 52.0 Å². The third kappa shape index (κ3) is 17.8. The second-order valence-corrected chi connectivity index (χ2v) is 23.4. The SMILES string of the molecule is COc1cc(C)c(/C(=C2\C=C(C#N)C(Oc3ccc(F)cc3F)=N2)c2cc(C(=O)OCc3ccc([N+](=O)[O-])cc3)c(Oc3ccc(F)cc3F)[n-]2)c(C)c1.[C-]#[N+]c1cc(/C(=C2/C=C(C(=O)OCc3ccc([N+](=O)[O-])cc3)C(Oc3ccc(F)cc3F)=N2)c2c(C)cc(OC)cc2C)[n-]c1Oc1ccc(F)cc1F.[Zn+2]. The molecule has 544 valence electrons. The molecular weight excluding hydrogens is 1490 g/mol. The van der Waals surface area contributed by atoms with E-state index in [0.29, 0.717) is 80.3 Å². The monoisotopic (exact) mass is 1540 g/mol. The molecule has 31 heteroatoms. The first-order valence-electron chi connectivity index (χ1n) is 31.6. The van der Waals surface area contributed by atoms with Crippen molar-refractivity contribution in [2.45, 2.75) is 40.9 Å². The summed E-state index contributed by atoms with van der Waals surface area (Å²) in [6.07, 6.45) is 2.64. The zero-order valence-corrected chi connectivity index (χ0v) is 60.6. The summed E-state index contributed by atoms with van der Waals surface area (Å²) in [5, 5.41) is 32.1. The van der Waals surface area contributed by atoms with Gasteiger partial charge in [0.15, 0.2) is 46.3 Å². The van der Waals surface area contributed by atoms with E-state index < -0.39 is 103 Å². The number of hydrogen-bond donors (Lipinski definition) is 0. The van der Waals surface area contributed by atoms with Gasteiger partial charge in [-0.1, -0.05) is 12.1 Å². The van der Waals surface area contributed by atoms with Crippen molar-refractivity contribution < 1.29 is 112 Å². The van der Waals surface area contributed by atoms with E-state index in [1.807, 2.05) is 6.07 Å². The zero-order chi connectivity index (χ0) is 77.4. The van der Waals surface area contributed by atoms with Crippen molar-refractivity contribution in [1.82, 2.24) is 9.97 Å². The number of allylic oxidation sites excluding steroid dienone is 2. The Labute approximate surface area is 625 Å². The fourth-order valence-electron chi connectivity index (χ4n) is 11.0. The van der Waals surface area contributed by atoms with Gasteiger partial charge in [-0.2, -0.15) is 5.26 Å². The van der Waals surface area contributed by atoms with E-state index in [4.69, 9.17) is 44.5 Å². The number of aryl methyl sites for hydroxylation is 4. The van der Waals surface area contributed by atoms with Gasteiger partial charge in [0.05, 0.1) is 47.6 Å². The molecule has 0 radical (unpaired) electrons. The Morgan fingerprint density at radius 1 is 0.505 bits per heavy atom. The first kappa shape index (κ1) is 77.8. The van der Waals surface area contributed by atoms with Crippen LogP contribution in [0.4, 0.5) is 52.2 Å². The van der Waals surface area contributed by atoms with Gasteiger partial charge >= 0.3 is 31.4 Å². The summed E-state index contributed by atoms with van der Waals surface area (Å²) in [5.41, 5.74) is 3.84. The van der Waals surface area contributed by atoms with Crippen LogP contribution in [0.1, 0.15) is 66.3 Å². The van der Waals surface area contributed by atoms with Crippen molar-refractivity contribution in [3.8, 4) is 52.3 Å². The number of esters is 2. The number of aliphatic imine (C=N–C) groups is 2. The second kappa shape index (κ2) is 33.5. The van der Waals surface area contributed by atoms with Gasteiger partial charge < -0.3 is 47.9 Å². The molecule has 10 aromatic rings. The zero-order valence-electron chi connectivity index (χ0n) is 57.6. The average Bonchev–Trinajstić information content (AvgIpc) is 1.74. The quantitative estimate of drug-likeness (QED) is 0.0171. The Kier molecular flexibility index (Phi) is 23.9. The van der Waals surface area contributed by atoms with Crippen LogP contribution in [0.2, 0.25) is 0 Å². The number of rotatable bonds is 20. The molecular formula is C78H50F8N8O14Zn. The topological polar surface area (TPSA) is 275 Å². The number of ether oxygens (including phenoxy) is 8. The van der Waals surface area contributed by atoms with E-state index >= 15 is 0 Å². The molecule has 109 heavy (non-hydrogen) atoms. The van der Waals surface area contributed by atoms with Crippen LogP contribution in [0.25, 0.3) is 16.0 Å². The van der Waals surface area contributed by atoms with E-state index in [1.165, 1.54) is 87.0 Å². The number of carbonyl (C=O) groups is 2. The van der Waals surface area contributed by atoms with Crippen molar-refractivity contribution in [1.29, 1.82) is 5.26 Å². The Morgan fingerprint density at radius 2 is 0.881 bits per heavy atom. The first-order valence-corrected chi connectivity index (χ1v) is 31.6. The smallest absolute Gasteiger partial charge is 0.637 e. The number of halogens is 8. The molecule has 2 aliphatic rings. The molecule has 0 fully saturated rings. The molecule has 0 saturated heterocycles. The number of nitro benzene ring substituents is 2. The van der Waals surface area contributed by atoms with E-state index in [2.05, 4.69) is 24.8 Å². The van der Waals surface area contributed by atoms with Gasteiger partial charge in [0, 0.05) is 60.3 Å². The average molecular weight is 1540 g/mol. The molecule has 0 bridgehead atoms. The molecule has 4 heterocycles. The van der Waals surface area contributed by atoms with Gasteiger partial charge in [0.2, 0.25) is 17.5 Å². The predicted octanol–water partition coefficient (Wildman–Crippen LogP) is 17.6. The van der Waals surface area contributed by atoms with Crippen molar-refractivity contribution in [3.05, 3.63) is 332 Å². The van der Waals surface area contributed by atoms with Gasteiger partial charge in [-0.3, -0.25) is 20.2 Å². The second-order valence-electron chi connectivity index (χ2n) is 23.4. The molecule has 22 nitrogen and oxygen atoms in total. The van der Waals surface area contributed by atoms with Crippen molar-refractivity contribution in [2.75, 3.05) is 14.2 Å². The predicted molar refractivity (Wildman–Crippen MR) is 371 cm³/mol. The van der Waals surface area contributed by atoms with Crippen LogP contribution in [-0.4, -0.2) is 47.8 Å². The third-order valence-corrected chi connectivity index (χ3v) is 16.0. The Bertz CT molecular complexity index is 5580. The van der Waals surface area contributed by atoms with Crippen LogP contribution in [0.15, 0.2) is 202 Å². The molecule has 12 rings (SSSR count). The third-order valence-electron chi connectivity index (χ3n) is 16.0. The Morgan fingerprint density at radius 3 is 1.28 bits per heavy atom. The standard InChI is InChI=1S/2C39H26F4N4O7.Zn/c1-20-13-26(51-4)14-21(2)35(20)36(31-18-32(44-3)38(46-31)54-34-12-8-24(41)16-29(34)43)30-17-27(37(45-30)53-33-11-7-23(40)15-28(33)42)39(48)52-19-22-5-9-25(10-6-22)47(49)50;1-20-12-27(51-3)13-21(2)35(20)36(31-14-23(18-44)37(45-31)53-33-10-6-24(40)15-29(33)42)32-17-28(38(46-32)54-34-11-7-25(41)16-30(34)43)39(48)52-19-22-4-8-26(9-5-22)47(49)50;/h5-18H,19H2,1-2,4H3,(H,45,46,48);4-17H,19H2,1-3H3,(H,45,46,48);/q;;+2/p-2. The summed E-state index contributed by atoms with van der Waals surface area (Å²) in [6.45, 7) is 14.2. The van der Waals surface area contributed by atoms with Crippen LogP contribution in [-0.2, 0) is 47.0 Å². The molecule has 0 unspecified atom stereocenters. The largest absolute Gasteiger partial charge is 2.00 e. The normalized spacial score (nSPS) is 13.0. The molecule has 0 spiro atoms. The van der Waals surface area contributed by atoms with Crippen LogP contribution < -0.4 is 38.4 Å². The van der Waals surface area contributed by atoms with Crippen molar-refractivity contribution in [3.63, 3.8) is 0 Å². The minimum atomic E-state index is -1.10. The minimum absolute atomic E-state index is 0. The molecule has 0 atom stereocenters. The number of nitriles is 1. The molecule has 8 aromatic carbocycles. The Balaban J connectivity index is 0.000000230. The number of methoxy groups -OCH3 is 2. The number of non-ortho nitro benzene ring substituents is 2. The number of nitrogens with zero attached hydrogens (tertiary/aromatic N) is 8. The van der Waals surface area contributed by atoms with E-state index in [0.717, 1.165) is 48.5 Å². The maximum Gasteiger partial charge on any atom is 2.00 e. The fraction of sp³-hybridized carbons (Fsp3) is 0.103. The maximum absolute atomic E-state index is 14.8. The maximum atomic E-state index is 14.8. The summed E-state index contributed by atoms with van der Waals surface area (Å²) in [5.74, 6) is -11.9. The first-order chi connectivity index (χ1) is 51.7. The van der Waals surface area contributed by atoms with Gasteiger partial charge in [0.1, 0.15) is 65.2 Å². The number of nitro groups is 2. The number of aromatic nitrogens is 2. The number of carbonyl (C=O) groups excluding carboxylic acids is 2. The van der Waals surface area contributed by atoms with Gasteiger partial charge in [0.25, 0.3) is 11.4 Å². The van der Waals surface area contributed by atoms with Crippen LogP contribution in [0.5, 0.6) is 46.3 Å². The van der Waals surface area contributed by atoms with E-state index in [-0.39, 0.29) is 112 Å². The van der Waals surface area contributed by atoms with E-state index in [9.17, 15) is 70.2 Å². The van der Waals surface area contributed by atoms with Crippen LogP contribution >= 0.6 is 0 Å². The van der Waals surface area contributed by atoms with Gasteiger partial charge in [-0.05, 0) is 193 Å². The minimum Gasteiger partial charge on any atom is -0.637 e. The number of hydrogen-bond acceptors (Lipinski definition) is 17. The fourth-order valence-corrected chi connectivity index (χ4v) is 11.0. The van der Waals surface area contributed by atoms with Crippen molar-refractivity contribution >= 4 is 51.9 Å². The van der Waals surface area contributed by atoms with Crippen LogP contribution in [0.3, 0.4) is 0 Å². The summed E-state index contributed by atoms with van der Waals surface area (Å²) >= 11 is 0. The Hall–Kier alpha value is -13.8. The van der Waals surface area contributed by atoms with Crippen LogP contribution in [0, 0.1) is 112 Å². The summed E-state index contributed by atoms with van der Waals surface area (Å²) in [4.78, 5) is 69.8. The molecule has 2 aliphatic heterocycles. The summed E-state index contributed by atoms with van der Waals surface area (Å²) in [6, 6.07) is 32.3. The van der Waals surface area contributed by atoms with Crippen molar-refractivity contribution in [2.24, 2.45) is 9.98 Å². The van der Waals surface area contributed by atoms with Gasteiger partial charge in [-0.25, -0.2) is 59.5 Å². The molecule has 0 saturated carbocycles. The van der Waals surface area contributed by atoms with Gasteiger partial charge in [-0.15, -0.1) is 11.4 Å². The molecule has 0 amide bonds. The molecule has 2 aromatic heterocycles. The summed E-state index contributed by atoms with van der Waals surface area (Å²) in [7, 11) is 2.98. The number of benzene rings is 8. The molecule has 0 aliphatic carbocycles. The molecule has 0 N–H and O–H groups in total.